The minimum Gasteiger partial charge on any atom is -0.494 e. The van der Waals surface area contributed by atoms with E-state index in [4.69, 9.17) is 4.74 Å². The highest BCUT2D eigenvalue weighted by Crippen LogP contribution is 2.24. The van der Waals surface area contributed by atoms with Crippen LogP contribution in [0.1, 0.15) is 17.3 Å². The molecule has 1 saturated heterocycles. The van der Waals surface area contributed by atoms with Crippen molar-refractivity contribution >= 4 is 5.91 Å². The number of aliphatic hydroxyl groups is 1. The number of methoxy groups -OCH3 is 1. The van der Waals surface area contributed by atoms with Crippen LogP contribution in [0, 0.1) is 5.82 Å². The van der Waals surface area contributed by atoms with Gasteiger partial charge in [0.15, 0.2) is 11.6 Å². The van der Waals surface area contributed by atoms with Crippen LogP contribution in [0.4, 0.5) is 4.39 Å². The molecule has 1 amide bonds. The van der Waals surface area contributed by atoms with E-state index in [-0.39, 0.29) is 11.7 Å². The zero-order chi connectivity index (χ0) is 12.6. The summed E-state index contributed by atoms with van der Waals surface area (Å²) in [6.45, 7) is 2.26. The first kappa shape index (κ1) is 11.9. The number of nitrogens with zero attached hydrogens (tertiary/aromatic N) is 1. The Morgan fingerprint density at radius 1 is 1.53 bits per heavy atom. The average molecular weight is 239 g/mol. The second-order valence-corrected chi connectivity index (χ2v) is 4.51. The third-order valence-electron chi connectivity index (χ3n) is 2.75. The summed E-state index contributed by atoms with van der Waals surface area (Å²) in [4.78, 5) is 13.4. The van der Waals surface area contributed by atoms with Crippen molar-refractivity contribution < 1.29 is 19.0 Å². The maximum absolute atomic E-state index is 13.2. The number of β-amino-alcohol motifs (C(OH)–C–C–N with tert-alkyl or cyclic N) is 1. The second kappa shape index (κ2) is 4.00. The second-order valence-electron chi connectivity index (χ2n) is 4.51. The van der Waals surface area contributed by atoms with Gasteiger partial charge in [-0.1, -0.05) is 0 Å². The van der Waals surface area contributed by atoms with Crippen molar-refractivity contribution in [3.63, 3.8) is 0 Å². The Balaban J connectivity index is 2.15. The Kier molecular flexibility index (Phi) is 2.79. The molecule has 1 N–H and O–H groups in total. The minimum atomic E-state index is -0.806. The molecule has 1 aliphatic heterocycles. The fourth-order valence-corrected chi connectivity index (χ4v) is 1.90. The lowest BCUT2D eigenvalue weighted by Gasteiger charge is -2.44. The molecule has 1 aliphatic rings. The van der Waals surface area contributed by atoms with Crippen molar-refractivity contribution in [2.24, 2.45) is 0 Å². The van der Waals surface area contributed by atoms with E-state index in [1.807, 2.05) is 0 Å². The number of hydrogen-bond donors (Lipinski definition) is 1. The van der Waals surface area contributed by atoms with Crippen molar-refractivity contribution in [2.45, 2.75) is 12.5 Å². The van der Waals surface area contributed by atoms with Gasteiger partial charge in [0.05, 0.1) is 25.8 Å². The number of likely N-dealkylation sites (tertiary alicyclic amines) is 1. The first-order valence-corrected chi connectivity index (χ1v) is 5.28. The lowest BCUT2D eigenvalue weighted by molar-refractivity contribution is -0.0668. The highest BCUT2D eigenvalue weighted by atomic mass is 19.1. The zero-order valence-corrected chi connectivity index (χ0v) is 9.74. The highest BCUT2D eigenvalue weighted by Gasteiger charge is 2.39. The Bertz CT molecular complexity index is 451. The van der Waals surface area contributed by atoms with Gasteiger partial charge in [-0.25, -0.2) is 4.39 Å². The molecule has 0 unspecified atom stereocenters. The van der Waals surface area contributed by atoms with Gasteiger partial charge in [0.25, 0.3) is 5.91 Å². The molecule has 0 atom stereocenters. The number of amides is 1. The van der Waals surface area contributed by atoms with E-state index in [0.717, 1.165) is 0 Å². The first-order chi connectivity index (χ1) is 7.93. The smallest absolute Gasteiger partial charge is 0.254 e. The Morgan fingerprint density at radius 3 is 2.71 bits per heavy atom. The van der Waals surface area contributed by atoms with E-state index in [1.165, 1.54) is 30.2 Å². The van der Waals surface area contributed by atoms with Gasteiger partial charge in [-0.15, -0.1) is 0 Å². The molecule has 2 rings (SSSR count). The number of hydrogen-bond acceptors (Lipinski definition) is 3. The molecule has 0 radical (unpaired) electrons. The standard InChI is InChI=1S/C12H14FNO3/c1-12(16)6-14(7-12)11(15)8-3-4-9(13)10(5-8)17-2/h3-5,16H,6-7H2,1-2H3. The molecule has 0 spiro atoms. The topological polar surface area (TPSA) is 49.8 Å². The maximum Gasteiger partial charge on any atom is 0.254 e. The summed E-state index contributed by atoms with van der Waals surface area (Å²) in [6.07, 6.45) is 0. The first-order valence-electron chi connectivity index (χ1n) is 5.28. The van der Waals surface area contributed by atoms with Crippen LogP contribution in [-0.2, 0) is 0 Å². The normalized spacial score (nSPS) is 17.5. The zero-order valence-electron chi connectivity index (χ0n) is 9.74. The quantitative estimate of drug-likeness (QED) is 0.839. The summed E-state index contributed by atoms with van der Waals surface area (Å²) in [7, 11) is 1.35. The van der Waals surface area contributed by atoms with Crippen LogP contribution >= 0.6 is 0 Å². The van der Waals surface area contributed by atoms with Gasteiger partial charge < -0.3 is 14.7 Å². The lowest BCUT2D eigenvalue weighted by atomic mass is 9.96. The molecular formula is C12H14FNO3. The molecule has 4 nitrogen and oxygen atoms in total. The van der Waals surface area contributed by atoms with E-state index >= 15 is 0 Å². The third kappa shape index (κ3) is 2.24. The SMILES string of the molecule is COc1cc(C(=O)N2CC(C)(O)C2)ccc1F. The van der Waals surface area contributed by atoms with Crippen LogP contribution in [0.3, 0.4) is 0 Å². The van der Waals surface area contributed by atoms with Crippen LogP contribution in [0.25, 0.3) is 0 Å². The van der Waals surface area contributed by atoms with Crippen molar-refractivity contribution in [3.05, 3.63) is 29.6 Å². The summed E-state index contributed by atoms with van der Waals surface area (Å²) in [5.74, 6) is -0.683. The molecule has 0 aliphatic carbocycles. The molecule has 1 aromatic carbocycles. The molecule has 1 fully saturated rings. The van der Waals surface area contributed by atoms with Gasteiger partial charge in [-0.2, -0.15) is 0 Å². The molecular weight excluding hydrogens is 225 g/mol. The van der Waals surface area contributed by atoms with Gasteiger partial charge >= 0.3 is 0 Å². The van der Waals surface area contributed by atoms with Gasteiger partial charge in [0, 0.05) is 5.56 Å². The van der Waals surface area contributed by atoms with E-state index in [9.17, 15) is 14.3 Å². The predicted octanol–water partition coefficient (Wildman–Crippen LogP) is 1.04. The average Bonchev–Trinajstić information content (AvgIpc) is 2.25. The largest absolute Gasteiger partial charge is 0.494 e. The predicted molar refractivity (Wildman–Crippen MR) is 59.5 cm³/mol. The summed E-state index contributed by atoms with van der Waals surface area (Å²) >= 11 is 0. The maximum atomic E-state index is 13.2. The lowest BCUT2D eigenvalue weighted by Crippen LogP contribution is -2.61. The molecule has 0 bridgehead atoms. The number of halogens is 1. The number of rotatable bonds is 2. The number of carbonyl (C=O) groups excluding carboxylic acids is 1. The molecule has 1 heterocycles. The van der Waals surface area contributed by atoms with E-state index in [0.29, 0.717) is 18.7 Å². The monoisotopic (exact) mass is 239 g/mol. The van der Waals surface area contributed by atoms with Gasteiger partial charge in [-0.05, 0) is 25.1 Å². The van der Waals surface area contributed by atoms with Crippen molar-refractivity contribution in [3.8, 4) is 5.75 Å². The van der Waals surface area contributed by atoms with Crippen LogP contribution in [0.2, 0.25) is 0 Å². The molecule has 5 heteroatoms. The Morgan fingerprint density at radius 2 is 2.18 bits per heavy atom. The van der Waals surface area contributed by atoms with Crippen LogP contribution < -0.4 is 4.74 Å². The Hall–Kier alpha value is -1.62. The number of carbonyl (C=O) groups is 1. The fourth-order valence-electron chi connectivity index (χ4n) is 1.90. The van der Waals surface area contributed by atoms with E-state index in [1.54, 1.807) is 6.92 Å². The van der Waals surface area contributed by atoms with Gasteiger partial charge in [0.1, 0.15) is 0 Å². The minimum absolute atomic E-state index is 0.0446. The summed E-state index contributed by atoms with van der Waals surface area (Å²) in [5.41, 5.74) is -0.446. The summed E-state index contributed by atoms with van der Waals surface area (Å²) in [5, 5.41) is 9.55. The summed E-state index contributed by atoms with van der Waals surface area (Å²) < 4.78 is 18.0. The third-order valence-corrected chi connectivity index (χ3v) is 2.75. The van der Waals surface area contributed by atoms with Crippen LogP contribution in [0.5, 0.6) is 5.75 Å². The number of benzene rings is 1. The van der Waals surface area contributed by atoms with Gasteiger partial charge in [-0.3, -0.25) is 4.79 Å². The molecule has 1 aromatic rings. The molecule has 17 heavy (non-hydrogen) atoms. The van der Waals surface area contributed by atoms with E-state index < -0.39 is 11.4 Å². The Labute approximate surface area is 98.6 Å². The van der Waals surface area contributed by atoms with Crippen molar-refractivity contribution in [1.29, 1.82) is 0 Å². The van der Waals surface area contributed by atoms with Crippen molar-refractivity contribution in [1.82, 2.24) is 4.90 Å². The summed E-state index contributed by atoms with van der Waals surface area (Å²) in [6, 6.07) is 3.97. The highest BCUT2D eigenvalue weighted by molar-refractivity contribution is 5.95. The van der Waals surface area contributed by atoms with Crippen LogP contribution in [-0.4, -0.2) is 41.7 Å². The van der Waals surface area contributed by atoms with Crippen molar-refractivity contribution in [2.75, 3.05) is 20.2 Å². The van der Waals surface area contributed by atoms with E-state index in [2.05, 4.69) is 0 Å². The number of ether oxygens (including phenoxy) is 1. The molecule has 92 valence electrons. The van der Waals surface area contributed by atoms with Gasteiger partial charge in [0.2, 0.25) is 0 Å². The fraction of sp³-hybridized carbons (Fsp3) is 0.417. The molecule has 0 aromatic heterocycles. The molecule has 0 saturated carbocycles. The van der Waals surface area contributed by atoms with Crippen LogP contribution in [0.15, 0.2) is 18.2 Å².